The number of hydrogen-bond donors (Lipinski definition) is 1. The van der Waals surface area contributed by atoms with E-state index < -0.39 is 6.10 Å². The second-order valence-electron chi connectivity index (χ2n) is 4.19. The minimum Gasteiger partial charge on any atom is -0.392 e. The molecule has 1 nitrogen and oxygen atoms in total. The molecule has 3 heteroatoms. The predicted octanol–water partition coefficient (Wildman–Crippen LogP) is 4.15. The van der Waals surface area contributed by atoms with Crippen LogP contribution < -0.4 is 0 Å². The van der Waals surface area contributed by atoms with Gasteiger partial charge in [0.1, 0.15) is 0 Å². The molecular weight excluding hydrogens is 267 g/mol. The van der Waals surface area contributed by atoms with Gasteiger partial charge >= 0.3 is 0 Å². The summed E-state index contributed by atoms with van der Waals surface area (Å²) in [6.45, 7) is 0. The SMILES string of the molecule is O[C@@H](CCl)Cc1ccc(-c2ccccc2)c(Cl)c1. The standard InChI is InChI=1S/C15H14Cl2O/c16-10-13(18)8-11-6-7-14(15(17)9-11)12-4-2-1-3-5-12/h1-7,9,13,18H,8,10H2/t13-/m1/s1. The van der Waals surface area contributed by atoms with Crippen LogP contribution in [0.15, 0.2) is 48.5 Å². The first-order chi connectivity index (χ1) is 8.70. The van der Waals surface area contributed by atoms with Crippen molar-refractivity contribution in [3.8, 4) is 11.1 Å². The van der Waals surface area contributed by atoms with E-state index in [4.69, 9.17) is 23.2 Å². The highest BCUT2D eigenvalue weighted by atomic mass is 35.5. The molecular formula is C15H14Cl2O. The number of rotatable bonds is 4. The van der Waals surface area contributed by atoms with Crippen molar-refractivity contribution in [2.45, 2.75) is 12.5 Å². The zero-order valence-electron chi connectivity index (χ0n) is 9.81. The van der Waals surface area contributed by atoms with E-state index in [1.165, 1.54) is 0 Å². The third-order valence-corrected chi connectivity index (χ3v) is 3.44. The Kier molecular flexibility index (Phi) is 4.65. The van der Waals surface area contributed by atoms with Gasteiger partial charge in [-0.15, -0.1) is 11.6 Å². The lowest BCUT2D eigenvalue weighted by molar-refractivity contribution is 0.199. The zero-order chi connectivity index (χ0) is 13.0. The molecule has 0 radical (unpaired) electrons. The number of benzene rings is 2. The monoisotopic (exact) mass is 280 g/mol. The van der Waals surface area contributed by atoms with E-state index >= 15 is 0 Å². The van der Waals surface area contributed by atoms with Crippen LogP contribution in [0.1, 0.15) is 5.56 Å². The lowest BCUT2D eigenvalue weighted by atomic mass is 10.0. The molecule has 1 atom stereocenters. The summed E-state index contributed by atoms with van der Waals surface area (Å²) < 4.78 is 0. The normalized spacial score (nSPS) is 12.4. The molecule has 0 aliphatic heterocycles. The molecule has 2 rings (SSSR count). The first-order valence-corrected chi connectivity index (χ1v) is 6.70. The van der Waals surface area contributed by atoms with E-state index in [2.05, 4.69) is 0 Å². The Morgan fingerprint density at radius 2 is 1.78 bits per heavy atom. The molecule has 0 fully saturated rings. The van der Waals surface area contributed by atoms with Gasteiger partial charge < -0.3 is 5.11 Å². The van der Waals surface area contributed by atoms with Crippen LogP contribution in [-0.2, 0) is 6.42 Å². The van der Waals surface area contributed by atoms with Crippen molar-refractivity contribution in [1.82, 2.24) is 0 Å². The van der Waals surface area contributed by atoms with Gasteiger partial charge in [-0.1, -0.05) is 54.1 Å². The number of halogens is 2. The molecule has 0 saturated carbocycles. The molecule has 0 aromatic heterocycles. The smallest absolute Gasteiger partial charge is 0.0715 e. The Balaban J connectivity index is 2.26. The van der Waals surface area contributed by atoms with Gasteiger partial charge in [-0.25, -0.2) is 0 Å². The highest BCUT2D eigenvalue weighted by molar-refractivity contribution is 6.33. The zero-order valence-corrected chi connectivity index (χ0v) is 11.3. The van der Waals surface area contributed by atoms with Gasteiger partial charge in [0.15, 0.2) is 0 Å². The molecule has 2 aromatic carbocycles. The Bertz CT molecular complexity index is 511. The largest absolute Gasteiger partial charge is 0.392 e. The summed E-state index contributed by atoms with van der Waals surface area (Å²) in [5.41, 5.74) is 3.08. The van der Waals surface area contributed by atoms with Crippen LogP contribution in [0.4, 0.5) is 0 Å². The molecule has 0 heterocycles. The number of hydrogen-bond acceptors (Lipinski definition) is 1. The summed E-state index contributed by atoms with van der Waals surface area (Å²) in [6.07, 6.45) is 0.00322. The second-order valence-corrected chi connectivity index (χ2v) is 4.91. The van der Waals surface area contributed by atoms with Crippen molar-refractivity contribution in [3.63, 3.8) is 0 Å². The molecule has 0 saturated heterocycles. The molecule has 2 aromatic rings. The van der Waals surface area contributed by atoms with Crippen molar-refractivity contribution in [1.29, 1.82) is 0 Å². The van der Waals surface area contributed by atoms with E-state index in [0.717, 1.165) is 16.7 Å². The maximum absolute atomic E-state index is 9.51. The lowest BCUT2D eigenvalue weighted by Gasteiger charge is -2.10. The minimum atomic E-state index is -0.523. The van der Waals surface area contributed by atoms with Gasteiger partial charge in [0.25, 0.3) is 0 Å². The Morgan fingerprint density at radius 1 is 1.06 bits per heavy atom. The fourth-order valence-electron chi connectivity index (χ4n) is 1.86. The predicted molar refractivity (Wildman–Crippen MR) is 77.3 cm³/mol. The molecule has 94 valence electrons. The third-order valence-electron chi connectivity index (χ3n) is 2.77. The van der Waals surface area contributed by atoms with Crippen LogP contribution >= 0.6 is 23.2 Å². The first-order valence-electron chi connectivity index (χ1n) is 5.78. The maximum atomic E-state index is 9.51. The molecule has 0 aliphatic rings. The van der Waals surface area contributed by atoms with Crippen LogP contribution in [0.5, 0.6) is 0 Å². The van der Waals surface area contributed by atoms with Gasteiger partial charge in [-0.3, -0.25) is 0 Å². The van der Waals surface area contributed by atoms with Crippen LogP contribution in [0, 0.1) is 0 Å². The van der Waals surface area contributed by atoms with Crippen LogP contribution in [0.3, 0.4) is 0 Å². The lowest BCUT2D eigenvalue weighted by Crippen LogP contribution is -2.11. The minimum absolute atomic E-state index is 0.234. The summed E-state index contributed by atoms with van der Waals surface area (Å²) in [5.74, 6) is 0.234. The van der Waals surface area contributed by atoms with Crippen molar-refractivity contribution in [3.05, 3.63) is 59.1 Å². The number of aliphatic hydroxyl groups excluding tert-OH is 1. The number of alkyl halides is 1. The Morgan fingerprint density at radius 3 is 2.39 bits per heavy atom. The summed E-state index contributed by atoms with van der Waals surface area (Å²) >= 11 is 11.9. The fourth-order valence-corrected chi connectivity index (χ4v) is 2.29. The maximum Gasteiger partial charge on any atom is 0.0715 e. The van der Waals surface area contributed by atoms with Crippen LogP contribution in [0.25, 0.3) is 11.1 Å². The van der Waals surface area contributed by atoms with E-state index in [0.29, 0.717) is 11.4 Å². The first kappa shape index (κ1) is 13.4. The molecule has 0 spiro atoms. The van der Waals surface area contributed by atoms with Gasteiger partial charge in [-0.2, -0.15) is 0 Å². The number of aliphatic hydroxyl groups is 1. The van der Waals surface area contributed by atoms with Gasteiger partial charge in [-0.05, 0) is 23.6 Å². The average Bonchev–Trinajstić information content (AvgIpc) is 2.40. The molecule has 1 N–H and O–H groups in total. The molecule has 0 amide bonds. The summed E-state index contributed by atoms with van der Waals surface area (Å²) in [6, 6.07) is 15.8. The highest BCUT2D eigenvalue weighted by Crippen LogP contribution is 2.28. The molecule has 18 heavy (non-hydrogen) atoms. The van der Waals surface area contributed by atoms with Crippen molar-refractivity contribution >= 4 is 23.2 Å². The van der Waals surface area contributed by atoms with Gasteiger partial charge in [0.05, 0.1) is 6.10 Å². The van der Waals surface area contributed by atoms with Gasteiger partial charge in [0, 0.05) is 16.5 Å². The van der Waals surface area contributed by atoms with Crippen molar-refractivity contribution in [2.24, 2.45) is 0 Å². The van der Waals surface area contributed by atoms with Crippen LogP contribution in [0.2, 0.25) is 5.02 Å². The molecule has 0 aliphatic carbocycles. The highest BCUT2D eigenvalue weighted by Gasteiger charge is 2.07. The van der Waals surface area contributed by atoms with Crippen molar-refractivity contribution < 1.29 is 5.11 Å². The van der Waals surface area contributed by atoms with Crippen LogP contribution in [-0.4, -0.2) is 17.1 Å². The fraction of sp³-hybridized carbons (Fsp3) is 0.200. The molecule has 0 unspecified atom stereocenters. The van der Waals surface area contributed by atoms with E-state index in [1.54, 1.807) is 0 Å². The topological polar surface area (TPSA) is 20.2 Å². The third kappa shape index (κ3) is 3.26. The van der Waals surface area contributed by atoms with E-state index in [9.17, 15) is 5.11 Å². The quantitative estimate of drug-likeness (QED) is 0.835. The Hall–Kier alpha value is -1.02. The second kappa shape index (κ2) is 6.24. The van der Waals surface area contributed by atoms with E-state index in [1.807, 2.05) is 48.5 Å². The average molecular weight is 281 g/mol. The summed E-state index contributed by atoms with van der Waals surface area (Å²) in [4.78, 5) is 0. The van der Waals surface area contributed by atoms with Crippen molar-refractivity contribution in [2.75, 3.05) is 5.88 Å². The van der Waals surface area contributed by atoms with Gasteiger partial charge in [0.2, 0.25) is 0 Å². The molecule has 0 bridgehead atoms. The Labute approximate surface area is 117 Å². The summed E-state index contributed by atoms with van der Waals surface area (Å²) in [5, 5.41) is 10.2. The summed E-state index contributed by atoms with van der Waals surface area (Å²) in [7, 11) is 0. The van der Waals surface area contributed by atoms with E-state index in [-0.39, 0.29) is 5.88 Å².